The van der Waals surface area contributed by atoms with E-state index in [4.69, 9.17) is 4.74 Å². The second-order valence-corrected chi connectivity index (χ2v) is 7.42. The van der Waals surface area contributed by atoms with Gasteiger partial charge in [-0.05, 0) is 64.8 Å². The Balaban J connectivity index is 2.35. The van der Waals surface area contributed by atoms with Gasteiger partial charge in [0.05, 0.1) is 7.11 Å². The Morgan fingerprint density at radius 1 is 0.920 bits per heavy atom. The van der Waals surface area contributed by atoms with E-state index in [2.05, 4.69) is 88.0 Å². The van der Waals surface area contributed by atoms with Crippen LogP contribution < -0.4 is 4.74 Å². The van der Waals surface area contributed by atoms with Crippen LogP contribution in [0.15, 0.2) is 48.5 Å². The van der Waals surface area contributed by atoms with Crippen molar-refractivity contribution in [2.45, 2.75) is 59.0 Å². The van der Waals surface area contributed by atoms with Gasteiger partial charge in [0.15, 0.2) is 0 Å². The van der Waals surface area contributed by atoms with Crippen molar-refractivity contribution in [3.63, 3.8) is 0 Å². The predicted molar refractivity (Wildman–Crippen MR) is 108 cm³/mol. The third kappa shape index (κ3) is 5.09. The second kappa shape index (κ2) is 9.05. The number of hydrogen-bond acceptors (Lipinski definition) is 2. The zero-order valence-corrected chi connectivity index (χ0v) is 16.6. The van der Waals surface area contributed by atoms with Crippen LogP contribution in [-0.4, -0.2) is 30.6 Å². The number of methoxy groups -OCH3 is 1. The maximum absolute atomic E-state index is 5.72. The molecule has 2 aromatic carbocycles. The normalized spacial score (nSPS) is 12.8. The second-order valence-electron chi connectivity index (χ2n) is 7.42. The first-order chi connectivity index (χ1) is 11.9. The van der Waals surface area contributed by atoms with E-state index in [1.807, 2.05) is 0 Å². The minimum Gasteiger partial charge on any atom is -0.496 e. The maximum Gasteiger partial charge on any atom is 0.122 e. The van der Waals surface area contributed by atoms with Crippen molar-refractivity contribution in [3.05, 3.63) is 65.2 Å². The lowest BCUT2D eigenvalue weighted by Crippen LogP contribution is -2.38. The highest BCUT2D eigenvalue weighted by Crippen LogP contribution is 2.35. The summed E-state index contributed by atoms with van der Waals surface area (Å²) < 4.78 is 5.72. The van der Waals surface area contributed by atoms with Crippen molar-refractivity contribution >= 4 is 0 Å². The molecule has 0 heterocycles. The van der Waals surface area contributed by atoms with Gasteiger partial charge in [-0.1, -0.05) is 42.5 Å². The van der Waals surface area contributed by atoms with Crippen LogP contribution in [0.1, 0.15) is 56.7 Å². The van der Waals surface area contributed by atoms with Crippen LogP contribution in [0.2, 0.25) is 0 Å². The number of benzene rings is 2. The van der Waals surface area contributed by atoms with E-state index in [1.165, 1.54) is 16.7 Å². The Morgan fingerprint density at radius 3 is 2.12 bits per heavy atom. The molecular formula is C23H33NO. The topological polar surface area (TPSA) is 12.5 Å². The molecule has 2 nitrogen and oxygen atoms in total. The third-order valence-corrected chi connectivity index (χ3v) is 4.97. The fraction of sp³-hybridized carbons (Fsp3) is 0.478. The summed E-state index contributed by atoms with van der Waals surface area (Å²) in [4.78, 5) is 2.57. The number of aryl methyl sites for hydroxylation is 1. The summed E-state index contributed by atoms with van der Waals surface area (Å²) in [6.45, 7) is 12.3. The van der Waals surface area contributed by atoms with Gasteiger partial charge in [-0.3, -0.25) is 4.90 Å². The van der Waals surface area contributed by atoms with E-state index in [0.29, 0.717) is 18.0 Å². The van der Waals surface area contributed by atoms with E-state index in [9.17, 15) is 0 Å². The quantitative estimate of drug-likeness (QED) is 0.616. The molecule has 0 spiro atoms. The van der Waals surface area contributed by atoms with Crippen LogP contribution in [0.5, 0.6) is 5.75 Å². The lowest BCUT2D eigenvalue weighted by atomic mass is 9.87. The Morgan fingerprint density at radius 2 is 1.56 bits per heavy atom. The molecule has 0 fully saturated rings. The number of rotatable bonds is 8. The molecule has 0 bridgehead atoms. The van der Waals surface area contributed by atoms with E-state index >= 15 is 0 Å². The van der Waals surface area contributed by atoms with Gasteiger partial charge in [0.25, 0.3) is 0 Å². The highest BCUT2D eigenvalue weighted by Gasteiger charge is 2.21. The standard InChI is InChI=1S/C23H33NO/c1-17(2)24(18(3)4)15-14-21(20-10-8-7-9-11-20)22-13-12-19(5)16-23(22)25-6/h7-13,16-18,21H,14-15H2,1-6H3. The first-order valence-corrected chi connectivity index (χ1v) is 9.39. The van der Waals surface area contributed by atoms with Crippen LogP contribution in [0.25, 0.3) is 0 Å². The van der Waals surface area contributed by atoms with Crippen LogP contribution in [0.4, 0.5) is 0 Å². The third-order valence-electron chi connectivity index (χ3n) is 4.97. The van der Waals surface area contributed by atoms with E-state index in [-0.39, 0.29) is 0 Å². The summed E-state index contributed by atoms with van der Waals surface area (Å²) in [6.07, 6.45) is 1.08. The van der Waals surface area contributed by atoms with Crippen molar-refractivity contribution in [2.24, 2.45) is 0 Å². The molecule has 0 amide bonds. The van der Waals surface area contributed by atoms with Crippen molar-refractivity contribution in [1.82, 2.24) is 4.90 Å². The Kier molecular flexibility index (Phi) is 7.07. The molecule has 0 aliphatic carbocycles. The summed E-state index contributed by atoms with van der Waals surface area (Å²) in [5.74, 6) is 1.34. The first kappa shape index (κ1) is 19.5. The average Bonchev–Trinajstić information content (AvgIpc) is 2.59. The molecule has 0 aromatic heterocycles. The zero-order chi connectivity index (χ0) is 18.4. The summed E-state index contributed by atoms with van der Waals surface area (Å²) >= 11 is 0. The van der Waals surface area contributed by atoms with E-state index in [1.54, 1.807) is 7.11 Å². The van der Waals surface area contributed by atoms with Gasteiger partial charge in [-0.15, -0.1) is 0 Å². The smallest absolute Gasteiger partial charge is 0.122 e. The minimum absolute atomic E-state index is 0.344. The lowest BCUT2D eigenvalue weighted by molar-refractivity contribution is 0.170. The predicted octanol–water partition coefficient (Wildman–Crippen LogP) is 5.64. The molecule has 0 N–H and O–H groups in total. The van der Waals surface area contributed by atoms with Gasteiger partial charge in [0.1, 0.15) is 5.75 Å². The molecule has 0 aliphatic rings. The van der Waals surface area contributed by atoms with E-state index in [0.717, 1.165) is 18.7 Å². The molecule has 0 saturated carbocycles. The summed E-state index contributed by atoms with van der Waals surface area (Å²) in [5.41, 5.74) is 3.88. The Hall–Kier alpha value is -1.80. The molecule has 136 valence electrons. The SMILES string of the molecule is COc1cc(C)ccc1C(CCN(C(C)C)C(C)C)c1ccccc1. The van der Waals surface area contributed by atoms with E-state index < -0.39 is 0 Å². The van der Waals surface area contributed by atoms with Gasteiger partial charge in [-0.25, -0.2) is 0 Å². The minimum atomic E-state index is 0.344. The highest BCUT2D eigenvalue weighted by atomic mass is 16.5. The van der Waals surface area contributed by atoms with Gasteiger partial charge < -0.3 is 4.74 Å². The molecular weight excluding hydrogens is 306 g/mol. The van der Waals surface area contributed by atoms with Crippen molar-refractivity contribution < 1.29 is 4.74 Å². The molecule has 1 unspecified atom stereocenters. The van der Waals surface area contributed by atoms with Gasteiger partial charge in [-0.2, -0.15) is 0 Å². The Bertz CT molecular complexity index is 640. The number of ether oxygens (including phenoxy) is 1. The average molecular weight is 340 g/mol. The summed E-state index contributed by atoms with van der Waals surface area (Å²) in [6, 6.07) is 18.5. The molecule has 2 heteroatoms. The molecule has 0 aliphatic heterocycles. The molecule has 25 heavy (non-hydrogen) atoms. The van der Waals surface area contributed by atoms with Crippen molar-refractivity contribution in [3.8, 4) is 5.75 Å². The monoisotopic (exact) mass is 339 g/mol. The van der Waals surface area contributed by atoms with Crippen LogP contribution in [0.3, 0.4) is 0 Å². The molecule has 2 rings (SSSR count). The highest BCUT2D eigenvalue weighted by molar-refractivity contribution is 5.44. The first-order valence-electron chi connectivity index (χ1n) is 9.39. The maximum atomic E-state index is 5.72. The fourth-order valence-corrected chi connectivity index (χ4v) is 3.68. The molecule has 0 saturated heterocycles. The molecule has 0 radical (unpaired) electrons. The van der Waals surface area contributed by atoms with Crippen molar-refractivity contribution in [2.75, 3.05) is 13.7 Å². The molecule has 2 aromatic rings. The lowest BCUT2D eigenvalue weighted by Gasteiger charge is -2.32. The van der Waals surface area contributed by atoms with Crippen molar-refractivity contribution in [1.29, 1.82) is 0 Å². The van der Waals surface area contributed by atoms with Gasteiger partial charge >= 0.3 is 0 Å². The number of hydrogen-bond donors (Lipinski definition) is 0. The zero-order valence-electron chi connectivity index (χ0n) is 16.6. The van der Waals surface area contributed by atoms with Gasteiger partial charge in [0.2, 0.25) is 0 Å². The Labute approximate surface area is 153 Å². The number of nitrogens with zero attached hydrogens (tertiary/aromatic N) is 1. The fourth-order valence-electron chi connectivity index (χ4n) is 3.68. The van der Waals surface area contributed by atoms with Crippen LogP contribution >= 0.6 is 0 Å². The summed E-state index contributed by atoms with van der Waals surface area (Å²) in [7, 11) is 1.77. The largest absolute Gasteiger partial charge is 0.496 e. The van der Waals surface area contributed by atoms with Crippen LogP contribution in [-0.2, 0) is 0 Å². The van der Waals surface area contributed by atoms with Gasteiger partial charge in [0, 0.05) is 23.6 Å². The molecule has 1 atom stereocenters. The summed E-state index contributed by atoms with van der Waals surface area (Å²) in [5, 5.41) is 0. The van der Waals surface area contributed by atoms with Crippen LogP contribution in [0, 0.1) is 6.92 Å².